The lowest BCUT2D eigenvalue weighted by molar-refractivity contribution is -0.136. The molecule has 6 nitrogen and oxygen atoms in total. The van der Waals surface area contributed by atoms with Gasteiger partial charge >= 0.3 is 11.8 Å². The van der Waals surface area contributed by atoms with Crippen molar-refractivity contribution in [1.29, 1.82) is 0 Å². The van der Waals surface area contributed by atoms with E-state index in [1.165, 1.54) is 23.8 Å². The van der Waals surface area contributed by atoms with Crippen LogP contribution in [0.15, 0.2) is 48.8 Å². The van der Waals surface area contributed by atoms with Gasteiger partial charge in [0, 0.05) is 25.5 Å². The molecule has 2 aromatic rings. The molecule has 0 bridgehead atoms. The summed E-state index contributed by atoms with van der Waals surface area (Å²) in [6.45, 7) is 3.20. The first-order chi connectivity index (χ1) is 13.1. The second-order valence-corrected chi connectivity index (χ2v) is 6.72. The Bertz CT molecular complexity index is 777. The molecule has 1 aromatic carbocycles. The molecule has 0 saturated carbocycles. The number of nitrogens with zero attached hydrogens (tertiary/aromatic N) is 2. The highest BCUT2D eigenvalue weighted by Gasteiger charge is 2.21. The number of anilines is 1. The van der Waals surface area contributed by atoms with Crippen LogP contribution in [0, 0.1) is 11.7 Å². The van der Waals surface area contributed by atoms with E-state index in [9.17, 15) is 14.0 Å². The van der Waals surface area contributed by atoms with E-state index in [-0.39, 0.29) is 5.69 Å². The monoisotopic (exact) mass is 370 g/mol. The first-order valence-corrected chi connectivity index (χ1v) is 9.07. The van der Waals surface area contributed by atoms with Crippen LogP contribution in [0.5, 0.6) is 0 Å². The highest BCUT2D eigenvalue weighted by molar-refractivity contribution is 6.39. The summed E-state index contributed by atoms with van der Waals surface area (Å²) in [6.07, 6.45) is 5.55. The number of hydrogen-bond acceptors (Lipinski definition) is 4. The molecular weight excluding hydrogens is 347 g/mol. The van der Waals surface area contributed by atoms with Gasteiger partial charge in [-0.1, -0.05) is 18.2 Å². The number of likely N-dealkylation sites (tertiary alicyclic amines) is 1. The number of carbonyl (C=O) groups is 2. The Morgan fingerprint density at radius 3 is 2.59 bits per heavy atom. The molecular formula is C20H23FN4O2. The number of nitrogens with one attached hydrogen (secondary N) is 2. The minimum absolute atomic E-state index is 0.00126. The van der Waals surface area contributed by atoms with Crippen molar-refractivity contribution in [3.8, 4) is 0 Å². The molecule has 0 aliphatic carbocycles. The molecule has 0 spiro atoms. The summed E-state index contributed by atoms with van der Waals surface area (Å²) < 4.78 is 13.5. The molecule has 1 fully saturated rings. The normalized spacial score (nSPS) is 15.3. The van der Waals surface area contributed by atoms with Crippen LogP contribution in [0.25, 0.3) is 0 Å². The van der Waals surface area contributed by atoms with Crippen molar-refractivity contribution in [2.75, 3.05) is 25.0 Å². The number of pyridine rings is 1. The summed E-state index contributed by atoms with van der Waals surface area (Å²) in [5.41, 5.74) is 1.19. The van der Waals surface area contributed by atoms with Crippen molar-refractivity contribution in [2.24, 2.45) is 5.92 Å². The molecule has 0 unspecified atom stereocenters. The zero-order valence-corrected chi connectivity index (χ0v) is 15.0. The van der Waals surface area contributed by atoms with Crippen molar-refractivity contribution in [1.82, 2.24) is 15.2 Å². The number of rotatable bonds is 5. The van der Waals surface area contributed by atoms with Crippen molar-refractivity contribution in [3.05, 3.63) is 60.2 Å². The van der Waals surface area contributed by atoms with Crippen LogP contribution in [0.1, 0.15) is 18.4 Å². The van der Waals surface area contributed by atoms with E-state index >= 15 is 0 Å². The lowest BCUT2D eigenvalue weighted by Crippen LogP contribution is -2.41. The predicted molar refractivity (Wildman–Crippen MR) is 100 cm³/mol. The molecule has 2 N–H and O–H groups in total. The zero-order valence-electron chi connectivity index (χ0n) is 15.0. The Morgan fingerprint density at radius 1 is 1.11 bits per heavy atom. The van der Waals surface area contributed by atoms with Crippen LogP contribution < -0.4 is 10.6 Å². The fourth-order valence-corrected chi connectivity index (χ4v) is 3.16. The van der Waals surface area contributed by atoms with E-state index in [4.69, 9.17) is 0 Å². The zero-order chi connectivity index (χ0) is 19.1. The largest absolute Gasteiger partial charge is 0.348 e. The maximum atomic E-state index is 13.5. The van der Waals surface area contributed by atoms with Crippen LogP contribution in [-0.4, -0.2) is 41.3 Å². The van der Waals surface area contributed by atoms with Gasteiger partial charge < -0.3 is 10.6 Å². The summed E-state index contributed by atoms with van der Waals surface area (Å²) in [5, 5.41) is 4.95. The van der Waals surface area contributed by atoms with Crippen LogP contribution in [0.2, 0.25) is 0 Å². The Morgan fingerprint density at radius 2 is 1.89 bits per heavy atom. The van der Waals surface area contributed by atoms with E-state index in [0.29, 0.717) is 12.5 Å². The highest BCUT2D eigenvalue weighted by Crippen LogP contribution is 2.18. The molecule has 7 heteroatoms. The first kappa shape index (κ1) is 19.0. The molecule has 1 aliphatic heterocycles. The Balaban J connectivity index is 1.38. The summed E-state index contributed by atoms with van der Waals surface area (Å²) in [5.74, 6) is -1.83. The number of hydrogen-bond donors (Lipinski definition) is 2. The quantitative estimate of drug-likeness (QED) is 0.792. The number of para-hydroxylation sites is 1. The lowest BCUT2D eigenvalue weighted by atomic mass is 9.96. The third-order valence-corrected chi connectivity index (χ3v) is 4.72. The number of halogens is 1. The molecule has 27 heavy (non-hydrogen) atoms. The van der Waals surface area contributed by atoms with E-state index in [2.05, 4.69) is 26.6 Å². The van der Waals surface area contributed by atoms with E-state index in [0.717, 1.165) is 32.5 Å². The minimum Gasteiger partial charge on any atom is -0.348 e. The molecule has 142 valence electrons. The third-order valence-electron chi connectivity index (χ3n) is 4.72. The Kier molecular flexibility index (Phi) is 6.49. The van der Waals surface area contributed by atoms with Gasteiger partial charge in [-0.15, -0.1) is 0 Å². The number of aromatic nitrogens is 1. The van der Waals surface area contributed by atoms with Crippen LogP contribution in [-0.2, 0) is 16.1 Å². The van der Waals surface area contributed by atoms with Gasteiger partial charge in [0.15, 0.2) is 0 Å². The molecule has 0 radical (unpaired) electrons. The highest BCUT2D eigenvalue weighted by atomic mass is 19.1. The van der Waals surface area contributed by atoms with Gasteiger partial charge in [-0.3, -0.25) is 19.5 Å². The first-order valence-electron chi connectivity index (χ1n) is 9.07. The van der Waals surface area contributed by atoms with Crippen molar-refractivity contribution in [3.63, 3.8) is 0 Å². The summed E-state index contributed by atoms with van der Waals surface area (Å²) in [6, 6.07) is 9.75. The van der Waals surface area contributed by atoms with Gasteiger partial charge in [0.1, 0.15) is 5.82 Å². The molecule has 1 aliphatic rings. The van der Waals surface area contributed by atoms with Crippen molar-refractivity contribution >= 4 is 17.5 Å². The van der Waals surface area contributed by atoms with Crippen LogP contribution in [0.4, 0.5) is 10.1 Å². The second-order valence-electron chi connectivity index (χ2n) is 6.72. The van der Waals surface area contributed by atoms with E-state index in [1.807, 2.05) is 12.3 Å². The standard InChI is InChI=1S/C20H23FN4O2/c21-17-5-1-2-6-18(17)24-20(27)19(26)23-13-15-7-10-25(11-8-15)14-16-4-3-9-22-12-16/h1-6,9,12,15H,7-8,10-11,13-14H2,(H,23,26)(H,24,27). The molecule has 2 heterocycles. The Hall–Kier alpha value is -2.80. The fourth-order valence-electron chi connectivity index (χ4n) is 3.16. The van der Waals surface area contributed by atoms with Gasteiger partial charge in [-0.2, -0.15) is 0 Å². The van der Waals surface area contributed by atoms with Gasteiger partial charge in [0.25, 0.3) is 0 Å². The SMILES string of the molecule is O=C(NCC1CCN(Cc2cccnc2)CC1)C(=O)Nc1ccccc1F. The molecule has 0 atom stereocenters. The van der Waals surface area contributed by atoms with Gasteiger partial charge in [-0.25, -0.2) is 4.39 Å². The summed E-state index contributed by atoms with van der Waals surface area (Å²) in [4.78, 5) is 30.3. The molecule has 3 rings (SSSR count). The molecule has 1 saturated heterocycles. The molecule has 2 amide bonds. The topological polar surface area (TPSA) is 74.3 Å². The average molecular weight is 370 g/mol. The maximum Gasteiger partial charge on any atom is 0.313 e. The van der Waals surface area contributed by atoms with Crippen molar-refractivity contribution < 1.29 is 14.0 Å². The third kappa shape index (κ3) is 5.59. The van der Waals surface area contributed by atoms with E-state index < -0.39 is 17.6 Å². The minimum atomic E-state index is -0.853. The smallest absolute Gasteiger partial charge is 0.313 e. The van der Waals surface area contributed by atoms with Gasteiger partial charge in [-0.05, 0) is 55.6 Å². The second kappa shape index (κ2) is 9.23. The fraction of sp³-hybridized carbons (Fsp3) is 0.350. The maximum absolute atomic E-state index is 13.5. The number of amides is 2. The van der Waals surface area contributed by atoms with Crippen LogP contribution in [0.3, 0.4) is 0 Å². The van der Waals surface area contributed by atoms with Crippen LogP contribution >= 0.6 is 0 Å². The number of carbonyl (C=O) groups excluding carboxylic acids is 2. The predicted octanol–water partition coefficient (Wildman–Crippen LogP) is 2.19. The number of piperidine rings is 1. The van der Waals surface area contributed by atoms with Crippen molar-refractivity contribution in [2.45, 2.75) is 19.4 Å². The van der Waals surface area contributed by atoms with Gasteiger partial charge in [0.2, 0.25) is 0 Å². The lowest BCUT2D eigenvalue weighted by Gasteiger charge is -2.31. The van der Waals surface area contributed by atoms with E-state index in [1.54, 1.807) is 12.3 Å². The summed E-state index contributed by atoms with van der Waals surface area (Å²) >= 11 is 0. The average Bonchev–Trinajstić information content (AvgIpc) is 2.69. The summed E-state index contributed by atoms with van der Waals surface area (Å²) in [7, 11) is 0. The molecule has 1 aromatic heterocycles. The Labute approximate surface area is 157 Å². The number of benzene rings is 1. The van der Waals surface area contributed by atoms with Gasteiger partial charge in [0.05, 0.1) is 5.69 Å².